The average Bonchev–Trinajstić information content (AvgIpc) is 3.02. The first-order chi connectivity index (χ1) is 14.4. The third-order valence-corrected chi connectivity index (χ3v) is 7.00. The molecular formula is C23H33N3O4. The van der Waals surface area contributed by atoms with Gasteiger partial charge in [-0.15, -0.1) is 0 Å². The van der Waals surface area contributed by atoms with Crippen molar-refractivity contribution in [2.75, 3.05) is 33.2 Å². The smallest absolute Gasteiger partial charge is 0.230 e. The number of nitrogens with zero attached hydrogens (tertiary/aromatic N) is 2. The summed E-state index contributed by atoms with van der Waals surface area (Å²) in [7, 11) is 1.93. The predicted molar refractivity (Wildman–Crippen MR) is 113 cm³/mol. The summed E-state index contributed by atoms with van der Waals surface area (Å²) in [4.78, 5) is 30.1. The number of likely N-dealkylation sites (N-methyl/N-ethyl adjacent to an activating group) is 1. The molecule has 7 nitrogen and oxygen atoms in total. The van der Waals surface area contributed by atoms with Crippen molar-refractivity contribution in [2.24, 2.45) is 11.3 Å². The quantitative estimate of drug-likeness (QED) is 0.647. The zero-order valence-electron chi connectivity index (χ0n) is 17.7. The van der Waals surface area contributed by atoms with Crippen LogP contribution in [0.15, 0.2) is 30.3 Å². The summed E-state index contributed by atoms with van der Waals surface area (Å²) >= 11 is 0. The molecule has 4 rings (SSSR count). The SMILES string of the molecule is CN1C[C@@H](O)[C@H](NC(=O)C2(Cc3ccccc3)CN(C(=O)C3CCC(O)CC3)C2)C1. The molecule has 2 atom stereocenters. The minimum atomic E-state index is -0.661. The molecule has 2 amide bonds. The van der Waals surface area contributed by atoms with Gasteiger partial charge in [-0.05, 0) is 44.7 Å². The van der Waals surface area contributed by atoms with Crippen LogP contribution in [0.2, 0.25) is 0 Å². The van der Waals surface area contributed by atoms with E-state index in [1.807, 2.05) is 47.2 Å². The number of hydrogen-bond donors (Lipinski definition) is 3. The predicted octanol–water partition coefficient (Wildman–Crippen LogP) is 0.400. The van der Waals surface area contributed by atoms with E-state index in [-0.39, 0.29) is 29.9 Å². The second kappa shape index (κ2) is 8.65. The van der Waals surface area contributed by atoms with Gasteiger partial charge in [0.1, 0.15) is 0 Å². The maximum Gasteiger partial charge on any atom is 0.230 e. The molecule has 0 unspecified atom stereocenters. The van der Waals surface area contributed by atoms with Gasteiger partial charge in [-0.3, -0.25) is 9.59 Å². The number of rotatable bonds is 5. The molecule has 0 spiro atoms. The van der Waals surface area contributed by atoms with Crippen molar-refractivity contribution in [3.63, 3.8) is 0 Å². The summed E-state index contributed by atoms with van der Waals surface area (Å²) in [6, 6.07) is 9.63. The second-order valence-corrected chi connectivity index (χ2v) is 9.51. The van der Waals surface area contributed by atoms with Gasteiger partial charge in [0.2, 0.25) is 11.8 Å². The molecule has 3 N–H and O–H groups in total. The monoisotopic (exact) mass is 415 g/mol. The van der Waals surface area contributed by atoms with Crippen molar-refractivity contribution >= 4 is 11.8 Å². The van der Waals surface area contributed by atoms with Gasteiger partial charge >= 0.3 is 0 Å². The first kappa shape index (κ1) is 21.3. The summed E-state index contributed by atoms with van der Waals surface area (Å²) in [6.07, 6.45) is 2.50. The molecule has 2 saturated heterocycles. The molecule has 164 valence electrons. The van der Waals surface area contributed by atoms with Gasteiger partial charge in [-0.2, -0.15) is 0 Å². The van der Waals surface area contributed by atoms with E-state index >= 15 is 0 Å². The number of carbonyl (C=O) groups excluding carboxylic acids is 2. The fourth-order valence-electron chi connectivity index (χ4n) is 5.19. The van der Waals surface area contributed by atoms with Crippen molar-refractivity contribution < 1.29 is 19.8 Å². The van der Waals surface area contributed by atoms with Crippen LogP contribution >= 0.6 is 0 Å². The highest BCUT2D eigenvalue weighted by molar-refractivity contribution is 5.89. The molecule has 30 heavy (non-hydrogen) atoms. The average molecular weight is 416 g/mol. The lowest BCUT2D eigenvalue weighted by Gasteiger charge is -2.50. The number of nitrogens with one attached hydrogen (secondary N) is 1. The Bertz CT molecular complexity index is 757. The molecule has 0 aromatic heterocycles. The molecule has 1 aromatic rings. The Morgan fingerprint density at radius 2 is 1.73 bits per heavy atom. The first-order valence-electron chi connectivity index (χ1n) is 11.0. The Balaban J connectivity index is 1.44. The molecule has 3 aliphatic rings. The lowest BCUT2D eigenvalue weighted by Crippen LogP contribution is -2.67. The van der Waals surface area contributed by atoms with E-state index in [2.05, 4.69) is 5.32 Å². The number of hydrogen-bond acceptors (Lipinski definition) is 5. The fourth-order valence-corrected chi connectivity index (χ4v) is 5.19. The summed E-state index contributed by atoms with van der Waals surface area (Å²) in [6.45, 7) is 1.99. The fraction of sp³-hybridized carbons (Fsp3) is 0.652. The zero-order chi connectivity index (χ0) is 21.3. The lowest BCUT2D eigenvalue weighted by molar-refractivity contribution is -0.158. The number of likely N-dealkylation sites (tertiary alicyclic amines) is 2. The van der Waals surface area contributed by atoms with Crippen LogP contribution in [0.25, 0.3) is 0 Å². The molecule has 3 fully saturated rings. The second-order valence-electron chi connectivity index (χ2n) is 9.51. The molecule has 0 bridgehead atoms. The first-order valence-corrected chi connectivity index (χ1v) is 11.0. The van der Waals surface area contributed by atoms with Crippen LogP contribution in [0.4, 0.5) is 0 Å². The number of carbonyl (C=O) groups is 2. The van der Waals surface area contributed by atoms with Gasteiger partial charge in [0, 0.05) is 32.1 Å². The van der Waals surface area contributed by atoms with Crippen molar-refractivity contribution in [2.45, 2.75) is 50.4 Å². The molecule has 7 heteroatoms. The van der Waals surface area contributed by atoms with Crippen LogP contribution in [0, 0.1) is 11.3 Å². The summed E-state index contributed by atoms with van der Waals surface area (Å²) in [5, 5.41) is 23.0. The van der Waals surface area contributed by atoms with E-state index in [0.717, 1.165) is 18.4 Å². The van der Waals surface area contributed by atoms with Gasteiger partial charge in [0.15, 0.2) is 0 Å². The maximum atomic E-state index is 13.3. The van der Waals surface area contributed by atoms with E-state index in [4.69, 9.17) is 0 Å². The van der Waals surface area contributed by atoms with Crippen LogP contribution in [0.5, 0.6) is 0 Å². The number of aliphatic hydroxyl groups is 2. The van der Waals surface area contributed by atoms with E-state index in [0.29, 0.717) is 45.4 Å². The Morgan fingerprint density at radius 1 is 1.07 bits per heavy atom. The highest BCUT2D eigenvalue weighted by Gasteiger charge is 2.52. The van der Waals surface area contributed by atoms with E-state index in [1.54, 1.807) is 0 Å². The Hall–Kier alpha value is -1.96. The van der Waals surface area contributed by atoms with Crippen LogP contribution in [-0.4, -0.2) is 83.3 Å². The van der Waals surface area contributed by atoms with Gasteiger partial charge in [-0.25, -0.2) is 0 Å². The Kier molecular flexibility index (Phi) is 6.14. The lowest BCUT2D eigenvalue weighted by atomic mass is 9.72. The highest BCUT2D eigenvalue weighted by Crippen LogP contribution is 2.38. The van der Waals surface area contributed by atoms with E-state index in [9.17, 15) is 19.8 Å². The third-order valence-electron chi connectivity index (χ3n) is 7.00. The summed E-state index contributed by atoms with van der Waals surface area (Å²) in [5.74, 6) is -0.00988. The minimum absolute atomic E-state index is 0.0449. The minimum Gasteiger partial charge on any atom is -0.393 e. The molecule has 1 aliphatic carbocycles. The zero-order valence-corrected chi connectivity index (χ0v) is 17.7. The largest absolute Gasteiger partial charge is 0.393 e. The van der Waals surface area contributed by atoms with Crippen molar-refractivity contribution in [1.82, 2.24) is 15.1 Å². The van der Waals surface area contributed by atoms with Gasteiger partial charge < -0.3 is 25.3 Å². The van der Waals surface area contributed by atoms with Crippen LogP contribution in [0.3, 0.4) is 0 Å². The molecule has 0 radical (unpaired) electrons. The third kappa shape index (κ3) is 4.38. The molecule has 1 saturated carbocycles. The maximum absolute atomic E-state index is 13.3. The van der Waals surface area contributed by atoms with Crippen molar-refractivity contribution in [3.8, 4) is 0 Å². The number of β-amino-alcohol motifs (C(OH)–C–C–N with tert-alkyl or cyclic N) is 1. The van der Waals surface area contributed by atoms with Crippen molar-refractivity contribution in [3.05, 3.63) is 35.9 Å². The van der Waals surface area contributed by atoms with E-state index < -0.39 is 11.5 Å². The van der Waals surface area contributed by atoms with Crippen molar-refractivity contribution in [1.29, 1.82) is 0 Å². The van der Waals surface area contributed by atoms with Gasteiger partial charge in [0.05, 0.1) is 23.7 Å². The molecule has 2 aliphatic heterocycles. The summed E-state index contributed by atoms with van der Waals surface area (Å²) in [5.41, 5.74) is 0.413. The Labute approximate surface area is 178 Å². The molecule has 1 aromatic carbocycles. The van der Waals surface area contributed by atoms with Crippen LogP contribution in [0.1, 0.15) is 31.2 Å². The normalized spacial score (nSPS) is 31.2. The van der Waals surface area contributed by atoms with Gasteiger partial charge in [0.25, 0.3) is 0 Å². The number of amides is 2. The standard InChI is InChI=1S/C23H33N3O4/c1-25-12-19(20(28)13-25)24-22(30)23(11-16-5-3-2-4-6-16)14-26(15-23)21(29)17-7-9-18(27)10-8-17/h2-6,17-20,27-28H,7-15H2,1H3,(H,24,30)/t17?,18?,19-,20-/m1/s1. The van der Waals surface area contributed by atoms with Crippen LogP contribution in [-0.2, 0) is 16.0 Å². The Morgan fingerprint density at radius 3 is 2.33 bits per heavy atom. The highest BCUT2D eigenvalue weighted by atomic mass is 16.3. The molecule has 2 heterocycles. The number of aliphatic hydroxyl groups excluding tert-OH is 2. The molecular weight excluding hydrogens is 382 g/mol. The summed E-state index contributed by atoms with van der Waals surface area (Å²) < 4.78 is 0. The van der Waals surface area contributed by atoms with Crippen LogP contribution < -0.4 is 5.32 Å². The van der Waals surface area contributed by atoms with Gasteiger partial charge in [-0.1, -0.05) is 30.3 Å². The van der Waals surface area contributed by atoms with E-state index in [1.165, 1.54) is 0 Å². The number of benzene rings is 1. The topological polar surface area (TPSA) is 93.1 Å².